The Hall–Kier alpha value is -1.91. The number of hydrogen-bond acceptors (Lipinski definition) is 14. The molecule has 0 aliphatic carbocycles. The van der Waals surface area contributed by atoms with Crippen LogP contribution in [-0.2, 0) is 33.2 Å². The zero-order chi connectivity index (χ0) is 22.2. The maximum absolute atomic E-state index is 9.69. The Balaban J connectivity index is 3.21. The first-order chi connectivity index (χ1) is 14.6. The van der Waals surface area contributed by atoms with Gasteiger partial charge in [-0.2, -0.15) is 15.0 Å². The van der Waals surface area contributed by atoms with Crippen LogP contribution in [0.3, 0.4) is 0 Å². The van der Waals surface area contributed by atoms with Crippen LogP contribution >= 0.6 is 0 Å². The van der Waals surface area contributed by atoms with Gasteiger partial charge in [-0.3, -0.25) is 14.7 Å². The molecule has 0 amide bonds. The monoisotopic (exact) mass is 436 g/mol. The molecule has 0 unspecified atom stereocenters. The molecule has 0 saturated heterocycles. The molecular weight excluding hydrogens is 404 g/mol. The van der Waals surface area contributed by atoms with Gasteiger partial charge in [0.15, 0.2) is 6.79 Å². The first-order valence-corrected chi connectivity index (χ1v) is 8.87. The van der Waals surface area contributed by atoms with E-state index in [-0.39, 0.29) is 71.8 Å². The summed E-state index contributed by atoms with van der Waals surface area (Å²) in [5.74, 6) is 0.702. The molecule has 1 heterocycles. The summed E-state index contributed by atoms with van der Waals surface area (Å²) in [7, 11) is 7.64. The molecule has 14 nitrogen and oxygen atoms in total. The lowest BCUT2D eigenvalue weighted by Gasteiger charge is -2.27. The van der Waals surface area contributed by atoms with E-state index in [0.717, 1.165) is 0 Å². The second-order valence-electron chi connectivity index (χ2n) is 5.73. The summed E-state index contributed by atoms with van der Waals surface area (Å²) in [5, 5.41) is 9.69. The van der Waals surface area contributed by atoms with Crippen molar-refractivity contribution in [1.29, 1.82) is 0 Å². The molecule has 1 N–H and O–H groups in total. The molecule has 0 aromatic carbocycles. The van der Waals surface area contributed by atoms with Crippen LogP contribution in [0.25, 0.3) is 0 Å². The Bertz CT molecular complexity index is 567. The summed E-state index contributed by atoms with van der Waals surface area (Å²) < 4.78 is 36.1. The molecule has 0 atom stereocenters. The van der Waals surface area contributed by atoms with Crippen LogP contribution in [-0.4, -0.2) is 110 Å². The van der Waals surface area contributed by atoms with Gasteiger partial charge in [-0.05, 0) is 0 Å². The minimum Gasteiger partial charge on any atom is -0.376 e. The number of aliphatic hydroxyl groups is 1. The fourth-order valence-electron chi connectivity index (χ4n) is 2.18. The molecular formula is C16H32N6O8. The summed E-state index contributed by atoms with van der Waals surface area (Å²) in [5.41, 5.74) is 0. The first kappa shape index (κ1) is 26.1. The van der Waals surface area contributed by atoms with Crippen LogP contribution in [0.2, 0.25) is 0 Å². The van der Waals surface area contributed by atoms with E-state index in [9.17, 15) is 5.11 Å². The molecule has 0 radical (unpaired) electrons. The Morgan fingerprint density at radius 1 is 0.567 bits per heavy atom. The molecule has 0 spiro atoms. The van der Waals surface area contributed by atoms with Crippen molar-refractivity contribution in [2.75, 3.05) is 104 Å². The lowest BCUT2D eigenvalue weighted by molar-refractivity contribution is -0.121. The highest BCUT2D eigenvalue weighted by Crippen LogP contribution is 2.19. The molecule has 0 bridgehead atoms. The molecule has 0 aliphatic heterocycles. The van der Waals surface area contributed by atoms with E-state index in [1.165, 1.54) is 26.2 Å². The zero-order valence-electron chi connectivity index (χ0n) is 18.1. The van der Waals surface area contributed by atoms with Crippen LogP contribution in [0.15, 0.2) is 0 Å². The van der Waals surface area contributed by atoms with Crippen LogP contribution < -0.4 is 14.7 Å². The Labute approximate surface area is 176 Å². The van der Waals surface area contributed by atoms with E-state index in [2.05, 4.69) is 15.0 Å². The van der Waals surface area contributed by atoms with Gasteiger partial charge in [0.05, 0.1) is 0 Å². The predicted octanol–water partition coefficient (Wildman–Crippen LogP) is -0.792. The average molecular weight is 436 g/mol. The van der Waals surface area contributed by atoms with Gasteiger partial charge in [0.2, 0.25) is 17.8 Å². The second-order valence-corrected chi connectivity index (χ2v) is 5.73. The minimum atomic E-state index is -0.364. The largest absolute Gasteiger partial charge is 0.376 e. The van der Waals surface area contributed by atoms with E-state index in [1.807, 2.05) is 0 Å². The fourth-order valence-corrected chi connectivity index (χ4v) is 2.18. The summed E-state index contributed by atoms with van der Waals surface area (Å²) in [6, 6.07) is 0. The van der Waals surface area contributed by atoms with Gasteiger partial charge in [-0.1, -0.05) is 0 Å². The van der Waals surface area contributed by atoms with Gasteiger partial charge in [0.1, 0.15) is 47.2 Å². The number of aliphatic hydroxyl groups excluding tert-OH is 1. The molecule has 0 saturated carbocycles. The Morgan fingerprint density at radius 2 is 1.00 bits per heavy atom. The first-order valence-electron chi connectivity index (χ1n) is 8.87. The van der Waals surface area contributed by atoms with Gasteiger partial charge >= 0.3 is 0 Å². The fraction of sp³-hybridized carbons (Fsp3) is 0.812. The van der Waals surface area contributed by atoms with Crippen molar-refractivity contribution in [3.63, 3.8) is 0 Å². The number of aromatic nitrogens is 3. The lowest BCUT2D eigenvalue weighted by atomic mass is 10.6. The maximum atomic E-state index is 9.69. The standard InChI is InChI=1S/C16H32N6O8/c1-24-7-20(6-23)14-17-15(21(8-25-2)9-26-3)19-16(18-14)22(10-27-4)11-29-13-30-12-28-5/h23H,6-13H2,1-5H3. The lowest BCUT2D eigenvalue weighted by Crippen LogP contribution is -2.36. The quantitative estimate of drug-likeness (QED) is 0.227. The number of hydrogen-bond donors (Lipinski definition) is 1. The number of rotatable bonds is 18. The minimum absolute atomic E-state index is 0.00473. The highest BCUT2D eigenvalue weighted by Gasteiger charge is 2.20. The number of nitrogens with zero attached hydrogens (tertiary/aromatic N) is 6. The van der Waals surface area contributed by atoms with E-state index < -0.39 is 0 Å². The van der Waals surface area contributed by atoms with Gasteiger partial charge in [-0.15, -0.1) is 0 Å². The van der Waals surface area contributed by atoms with E-state index >= 15 is 0 Å². The third-order valence-electron chi connectivity index (χ3n) is 3.37. The summed E-state index contributed by atoms with van der Waals surface area (Å²) in [6.45, 7) is 0.359. The van der Waals surface area contributed by atoms with Crippen LogP contribution in [0.1, 0.15) is 0 Å². The Kier molecular flexibility index (Phi) is 13.8. The van der Waals surface area contributed by atoms with E-state index in [1.54, 1.807) is 24.0 Å². The molecule has 0 fully saturated rings. The normalized spacial score (nSPS) is 11.0. The van der Waals surface area contributed by atoms with Gasteiger partial charge in [0.25, 0.3) is 0 Å². The topological polar surface area (TPSA) is 133 Å². The maximum Gasteiger partial charge on any atom is 0.235 e. The van der Waals surface area contributed by atoms with Crippen molar-refractivity contribution < 1.29 is 38.3 Å². The molecule has 174 valence electrons. The van der Waals surface area contributed by atoms with Crippen molar-refractivity contribution in [3.8, 4) is 0 Å². The zero-order valence-corrected chi connectivity index (χ0v) is 18.1. The van der Waals surface area contributed by atoms with Crippen molar-refractivity contribution in [1.82, 2.24) is 15.0 Å². The highest BCUT2D eigenvalue weighted by molar-refractivity contribution is 5.45. The molecule has 0 aliphatic rings. The smallest absolute Gasteiger partial charge is 0.235 e. The van der Waals surface area contributed by atoms with Gasteiger partial charge < -0.3 is 38.3 Å². The van der Waals surface area contributed by atoms with E-state index in [0.29, 0.717) is 0 Å². The van der Waals surface area contributed by atoms with Crippen molar-refractivity contribution in [2.24, 2.45) is 0 Å². The Morgan fingerprint density at radius 3 is 1.43 bits per heavy atom. The van der Waals surface area contributed by atoms with Gasteiger partial charge in [0, 0.05) is 35.5 Å². The number of anilines is 3. The molecule has 30 heavy (non-hydrogen) atoms. The number of methoxy groups -OCH3 is 5. The van der Waals surface area contributed by atoms with Crippen LogP contribution in [0.4, 0.5) is 17.8 Å². The molecule has 1 rings (SSSR count). The number of ether oxygens (including phenoxy) is 7. The summed E-state index contributed by atoms with van der Waals surface area (Å²) >= 11 is 0. The molecule has 14 heteroatoms. The average Bonchev–Trinajstić information content (AvgIpc) is 2.76. The van der Waals surface area contributed by atoms with E-state index in [4.69, 9.17) is 33.2 Å². The SMILES string of the molecule is COCOCOCN(COC)c1nc(N(CO)COC)nc(N(COC)COC)n1. The molecule has 1 aromatic heterocycles. The van der Waals surface area contributed by atoms with Crippen LogP contribution in [0.5, 0.6) is 0 Å². The third kappa shape index (κ3) is 8.85. The van der Waals surface area contributed by atoms with Crippen molar-refractivity contribution >= 4 is 17.8 Å². The second kappa shape index (κ2) is 15.9. The summed E-state index contributed by atoms with van der Waals surface area (Å²) in [6.07, 6.45) is 0. The highest BCUT2D eigenvalue weighted by atomic mass is 16.7. The van der Waals surface area contributed by atoms with Crippen LogP contribution in [0, 0.1) is 0 Å². The third-order valence-corrected chi connectivity index (χ3v) is 3.37. The summed E-state index contributed by atoms with van der Waals surface area (Å²) in [4.78, 5) is 18.0. The van der Waals surface area contributed by atoms with Gasteiger partial charge in [-0.25, -0.2) is 0 Å². The predicted molar refractivity (Wildman–Crippen MR) is 106 cm³/mol. The van der Waals surface area contributed by atoms with Crippen molar-refractivity contribution in [3.05, 3.63) is 0 Å². The molecule has 1 aromatic rings. The van der Waals surface area contributed by atoms with Crippen molar-refractivity contribution in [2.45, 2.75) is 0 Å².